The summed E-state index contributed by atoms with van der Waals surface area (Å²) in [5, 5.41) is 30.1. The number of aryl methyl sites for hydroxylation is 1. The van der Waals surface area contributed by atoms with Crippen LogP contribution in [0.5, 0.6) is 0 Å². The number of carbonyl (C=O) groups excluding carboxylic acids is 1. The van der Waals surface area contributed by atoms with Gasteiger partial charge in [-0.05, 0) is 112 Å². The van der Waals surface area contributed by atoms with E-state index >= 15 is 0 Å². The van der Waals surface area contributed by atoms with Crippen molar-refractivity contribution < 1.29 is 24.9 Å². The highest BCUT2D eigenvalue weighted by Gasteiger charge is 2.56. The van der Waals surface area contributed by atoms with Gasteiger partial charge >= 0.3 is 5.97 Å². The number of esters is 1. The Morgan fingerprint density at radius 1 is 1.20 bits per heavy atom. The molecule has 1 heterocycles. The van der Waals surface area contributed by atoms with Crippen LogP contribution in [-0.2, 0) is 21.4 Å². The maximum atomic E-state index is 12.9. The van der Waals surface area contributed by atoms with Gasteiger partial charge in [0.05, 0.1) is 30.1 Å². The lowest BCUT2D eigenvalue weighted by atomic mass is 9.60. The van der Waals surface area contributed by atoms with E-state index in [-0.39, 0.29) is 29.5 Å². The van der Waals surface area contributed by atoms with Gasteiger partial charge in [0, 0.05) is 18.3 Å². The molecule has 44 heavy (non-hydrogen) atoms. The van der Waals surface area contributed by atoms with E-state index in [4.69, 9.17) is 9.72 Å². The van der Waals surface area contributed by atoms with Crippen LogP contribution >= 0.6 is 0 Å². The van der Waals surface area contributed by atoms with Crippen LogP contribution in [0.2, 0.25) is 0 Å². The van der Waals surface area contributed by atoms with Crippen LogP contribution in [0.1, 0.15) is 116 Å². The van der Waals surface area contributed by atoms with E-state index in [1.54, 1.807) is 6.92 Å². The van der Waals surface area contributed by atoms with Crippen molar-refractivity contribution in [2.24, 2.45) is 29.1 Å². The lowest BCUT2D eigenvalue weighted by Crippen LogP contribution is -2.38. The molecule has 4 saturated carbocycles. The van der Waals surface area contributed by atoms with Gasteiger partial charge in [0.25, 0.3) is 0 Å². The van der Waals surface area contributed by atoms with E-state index in [0.29, 0.717) is 30.6 Å². The summed E-state index contributed by atoms with van der Waals surface area (Å²) in [6, 6.07) is 0. The largest absolute Gasteiger partial charge is 0.461 e. The number of aromatic amines is 1. The number of aromatic nitrogens is 2. The van der Waals surface area contributed by atoms with E-state index < -0.39 is 18.1 Å². The highest BCUT2D eigenvalue weighted by atomic mass is 16.5. The fourth-order valence-electron chi connectivity index (χ4n) is 8.93. The molecular formula is C37H56N2O5. The number of imidazole rings is 1. The second-order valence-corrected chi connectivity index (χ2v) is 14.9. The first-order valence-corrected chi connectivity index (χ1v) is 17.3. The van der Waals surface area contributed by atoms with Crippen LogP contribution < -0.4 is 0 Å². The Bertz CT molecular complexity index is 1240. The van der Waals surface area contributed by atoms with Gasteiger partial charge in [-0.25, -0.2) is 4.98 Å². The lowest BCUT2D eigenvalue weighted by Gasteiger charge is -2.44. The topological polar surface area (TPSA) is 116 Å². The van der Waals surface area contributed by atoms with Crippen molar-refractivity contribution in [2.45, 2.75) is 135 Å². The predicted molar refractivity (Wildman–Crippen MR) is 173 cm³/mol. The van der Waals surface area contributed by atoms with Crippen LogP contribution in [-0.4, -0.2) is 56.2 Å². The van der Waals surface area contributed by atoms with Gasteiger partial charge in [-0.3, -0.25) is 4.79 Å². The zero-order chi connectivity index (χ0) is 31.6. The number of fused-ring (bicyclic) bond motifs is 1. The van der Waals surface area contributed by atoms with E-state index in [1.165, 1.54) is 31.3 Å². The number of rotatable bonds is 12. The van der Waals surface area contributed by atoms with Crippen molar-refractivity contribution >= 4 is 5.97 Å². The van der Waals surface area contributed by atoms with Gasteiger partial charge < -0.3 is 25.0 Å². The van der Waals surface area contributed by atoms with E-state index in [2.05, 4.69) is 44.5 Å². The number of hydrogen-bond acceptors (Lipinski definition) is 6. The van der Waals surface area contributed by atoms with E-state index in [9.17, 15) is 20.1 Å². The monoisotopic (exact) mass is 608 g/mol. The Morgan fingerprint density at radius 3 is 2.68 bits per heavy atom. The number of hydrogen-bond donors (Lipinski definition) is 4. The first kappa shape index (κ1) is 33.2. The molecule has 7 nitrogen and oxygen atoms in total. The minimum atomic E-state index is -0.660. The van der Waals surface area contributed by atoms with Gasteiger partial charge in [0.2, 0.25) is 0 Å². The third-order valence-electron chi connectivity index (χ3n) is 11.8. The third kappa shape index (κ3) is 6.66. The minimum absolute atomic E-state index is 0.208. The number of nitrogens with one attached hydrogen (secondary N) is 1. The number of aliphatic hydroxyl groups is 3. The van der Waals surface area contributed by atoms with Gasteiger partial charge in [0.15, 0.2) is 0 Å². The molecule has 1 aromatic rings. The molecule has 7 heteroatoms. The molecule has 0 radical (unpaired) electrons. The Labute approximate surface area is 264 Å². The Kier molecular flexibility index (Phi) is 10.3. The van der Waals surface area contributed by atoms with Crippen molar-refractivity contribution in [2.75, 3.05) is 6.61 Å². The fraction of sp³-hybridized carbons (Fsp3) is 0.730. The van der Waals surface area contributed by atoms with E-state index in [0.717, 1.165) is 67.6 Å². The van der Waals surface area contributed by atoms with Crippen molar-refractivity contribution in [1.82, 2.24) is 9.97 Å². The Hall–Kier alpha value is -2.22. The standard InChI is InChI=1S/C37H56N2O5/c1-6-8-28-21-38-35(39-28)37(17-18-37)33(44-34(43)24(3)22-40)15-10-23(2)30-13-14-31-26(9-7-16-36(30,31)5)11-12-27-19-29(41)20-32(42)25(27)4/h11-12,21,23-24,29-33,40-42H,4,6-10,13-20,22H2,1-3,5H3,(H,38,39)/t23-,24?,29-,30-,31+,32+,33+,36-/m1/s1. The number of H-pyrrole nitrogens is 1. The maximum absolute atomic E-state index is 12.9. The maximum Gasteiger partial charge on any atom is 0.311 e. The van der Waals surface area contributed by atoms with Gasteiger partial charge in [-0.15, -0.1) is 0 Å². The molecule has 1 aromatic heterocycles. The highest BCUT2D eigenvalue weighted by Crippen LogP contribution is 2.60. The third-order valence-corrected chi connectivity index (χ3v) is 11.8. The number of aliphatic hydroxyl groups excluding tert-OH is 3. The smallest absolute Gasteiger partial charge is 0.311 e. The molecule has 244 valence electrons. The second-order valence-electron chi connectivity index (χ2n) is 14.9. The summed E-state index contributed by atoms with van der Waals surface area (Å²) in [7, 11) is 0. The minimum Gasteiger partial charge on any atom is -0.461 e. The van der Waals surface area contributed by atoms with Crippen molar-refractivity contribution in [3.05, 3.63) is 53.2 Å². The molecule has 0 amide bonds. The number of nitrogens with zero attached hydrogens (tertiary/aromatic N) is 1. The van der Waals surface area contributed by atoms with Gasteiger partial charge in [0.1, 0.15) is 11.9 Å². The normalized spacial score (nSPS) is 33.7. The predicted octanol–water partition coefficient (Wildman–Crippen LogP) is 6.49. The number of carbonyl (C=O) groups is 1. The lowest BCUT2D eigenvalue weighted by molar-refractivity contribution is -0.157. The van der Waals surface area contributed by atoms with Crippen LogP contribution in [0, 0.1) is 29.1 Å². The van der Waals surface area contributed by atoms with Crippen LogP contribution in [0.25, 0.3) is 0 Å². The second kappa shape index (κ2) is 13.6. The Balaban J connectivity index is 1.29. The van der Waals surface area contributed by atoms with Crippen LogP contribution in [0.3, 0.4) is 0 Å². The fourth-order valence-corrected chi connectivity index (χ4v) is 8.93. The molecule has 4 aliphatic rings. The molecule has 4 fully saturated rings. The molecule has 5 rings (SSSR count). The highest BCUT2D eigenvalue weighted by molar-refractivity contribution is 5.72. The first-order chi connectivity index (χ1) is 21.0. The molecule has 0 aromatic carbocycles. The van der Waals surface area contributed by atoms with Crippen LogP contribution in [0.15, 0.2) is 41.6 Å². The molecule has 4 aliphatic carbocycles. The summed E-state index contributed by atoms with van der Waals surface area (Å²) in [4.78, 5) is 21.3. The molecule has 0 saturated heterocycles. The van der Waals surface area contributed by atoms with Gasteiger partial charge in [-0.1, -0.05) is 51.5 Å². The van der Waals surface area contributed by atoms with Crippen molar-refractivity contribution in [1.29, 1.82) is 0 Å². The molecule has 8 atom stereocenters. The summed E-state index contributed by atoms with van der Waals surface area (Å²) in [6.07, 6.45) is 17.5. The zero-order valence-electron chi connectivity index (χ0n) is 27.5. The summed E-state index contributed by atoms with van der Waals surface area (Å²) in [5.74, 6) is 1.73. The molecule has 0 aliphatic heterocycles. The molecular weight excluding hydrogens is 552 g/mol. The van der Waals surface area contributed by atoms with E-state index in [1.807, 2.05) is 6.20 Å². The molecule has 0 spiro atoms. The van der Waals surface area contributed by atoms with Crippen molar-refractivity contribution in [3.63, 3.8) is 0 Å². The number of ether oxygens (including phenoxy) is 1. The SMILES string of the molecule is C=C1C(=CC=C2CCC[C@]3(C)[C@@H]([C@H](C)CC[C@H](OC(=O)C(C)CO)C4(c5ncc(CCC)[nH]5)CC4)CC[C@@H]23)C[C@@H](O)C[C@@H]1O. The van der Waals surface area contributed by atoms with Crippen molar-refractivity contribution in [3.8, 4) is 0 Å². The average Bonchev–Trinajstić information content (AvgIpc) is 3.52. The average molecular weight is 609 g/mol. The zero-order valence-corrected chi connectivity index (χ0v) is 27.5. The quantitative estimate of drug-likeness (QED) is 0.202. The summed E-state index contributed by atoms with van der Waals surface area (Å²) >= 11 is 0. The summed E-state index contributed by atoms with van der Waals surface area (Å²) in [6.45, 7) is 12.7. The summed E-state index contributed by atoms with van der Waals surface area (Å²) < 4.78 is 6.21. The molecule has 1 unspecified atom stereocenters. The molecule has 4 N–H and O–H groups in total. The van der Waals surface area contributed by atoms with Gasteiger partial charge in [-0.2, -0.15) is 0 Å². The first-order valence-electron chi connectivity index (χ1n) is 17.3. The number of allylic oxidation sites excluding steroid dienone is 3. The summed E-state index contributed by atoms with van der Waals surface area (Å²) in [5.41, 5.74) is 4.34. The molecule has 0 bridgehead atoms. The Morgan fingerprint density at radius 2 is 1.98 bits per heavy atom. The van der Waals surface area contributed by atoms with Crippen LogP contribution in [0.4, 0.5) is 0 Å².